The van der Waals surface area contributed by atoms with Gasteiger partial charge in [0, 0.05) is 5.02 Å². The zero-order chi connectivity index (χ0) is 15.1. The van der Waals surface area contributed by atoms with Crippen molar-refractivity contribution >= 4 is 34.2 Å². The molecular formula is C15H10Cl2F2N2. The number of hydrogen-bond acceptors (Lipinski definition) is 1. The third kappa shape index (κ3) is 2.39. The van der Waals surface area contributed by atoms with Crippen molar-refractivity contribution < 1.29 is 8.78 Å². The van der Waals surface area contributed by atoms with E-state index in [2.05, 4.69) is 4.98 Å². The summed E-state index contributed by atoms with van der Waals surface area (Å²) in [5, 5.41) is 0.00748. The molecule has 108 valence electrons. The summed E-state index contributed by atoms with van der Waals surface area (Å²) in [6.45, 7) is 1.72. The molecule has 0 aliphatic carbocycles. The van der Waals surface area contributed by atoms with E-state index in [1.54, 1.807) is 25.1 Å². The number of benzene rings is 2. The van der Waals surface area contributed by atoms with Crippen molar-refractivity contribution in [3.05, 3.63) is 58.9 Å². The van der Waals surface area contributed by atoms with E-state index in [4.69, 9.17) is 23.2 Å². The lowest BCUT2D eigenvalue weighted by atomic mass is 10.2. The Kier molecular flexibility index (Phi) is 3.59. The standard InChI is InChI=1S/C15H10Cl2F2N2/c1-8(16)15-20-11-6-5-9(17)7-13(11)21(15)12-4-2-3-10(18)14(12)19/h2-8H,1H3. The Morgan fingerprint density at radius 2 is 1.95 bits per heavy atom. The van der Waals surface area contributed by atoms with E-state index in [9.17, 15) is 8.78 Å². The average Bonchev–Trinajstić information content (AvgIpc) is 2.80. The lowest BCUT2D eigenvalue weighted by molar-refractivity contribution is 0.504. The molecule has 2 aromatic carbocycles. The fourth-order valence-corrected chi connectivity index (χ4v) is 2.56. The molecule has 0 N–H and O–H groups in total. The summed E-state index contributed by atoms with van der Waals surface area (Å²) >= 11 is 12.1. The molecule has 1 aromatic heterocycles. The predicted octanol–water partition coefficient (Wildman–Crippen LogP) is 5.26. The molecule has 0 amide bonds. The van der Waals surface area contributed by atoms with Gasteiger partial charge in [0.15, 0.2) is 11.6 Å². The van der Waals surface area contributed by atoms with Crippen LogP contribution in [0.4, 0.5) is 8.78 Å². The zero-order valence-electron chi connectivity index (χ0n) is 10.9. The van der Waals surface area contributed by atoms with Gasteiger partial charge in [-0.15, -0.1) is 11.6 Å². The Bertz CT molecular complexity index is 828. The van der Waals surface area contributed by atoms with Crippen LogP contribution < -0.4 is 0 Å². The SMILES string of the molecule is CC(Cl)c1nc2ccc(Cl)cc2n1-c1cccc(F)c1F. The second-order valence-corrected chi connectivity index (χ2v) is 5.72. The first-order valence-corrected chi connectivity index (χ1v) is 7.07. The fourth-order valence-electron chi connectivity index (χ4n) is 2.25. The van der Waals surface area contributed by atoms with Crippen molar-refractivity contribution in [2.45, 2.75) is 12.3 Å². The minimum absolute atomic E-state index is 0.0577. The van der Waals surface area contributed by atoms with Gasteiger partial charge in [-0.3, -0.25) is 4.57 Å². The van der Waals surface area contributed by atoms with Crippen LogP contribution in [-0.2, 0) is 0 Å². The molecular weight excluding hydrogens is 317 g/mol. The maximum atomic E-state index is 14.1. The molecule has 0 spiro atoms. The van der Waals surface area contributed by atoms with E-state index >= 15 is 0 Å². The van der Waals surface area contributed by atoms with Crippen molar-refractivity contribution in [3.63, 3.8) is 0 Å². The maximum Gasteiger partial charge on any atom is 0.182 e. The summed E-state index contributed by atoms with van der Waals surface area (Å²) in [4.78, 5) is 4.38. The summed E-state index contributed by atoms with van der Waals surface area (Å²) in [5.74, 6) is -1.45. The number of aromatic nitrogens is 2. The van der Waals surface area contributed by atoms with Crippen LogP contribution in [0.15, 0.2) is 36.4 Å². The van der Waals surface area contributed by atoms with Gasteiger partial charge in [0.1, 0.15) is 5.82 Å². The van der Waals surface area contributed by atoms with Gasteiger partial charge in [-0.05, 0) is 37.3 Å². The molecule has 0 saturated heterocycles. The number of nitrogens with zero attached hydrogens (tertiary/aromatic N) is 2. The highest BCUT2D eigenvalue weighted by molar-refractivity contribution is 6.31. The Morgan fingerprint density at radius 1 is 1.19 bits per heavy atom. The van der Waals surface area contributed by atoms with E-state index < -0.39 is 17.0 Å². The fraction of sp³-hybridized carbons (Fsp3) is 0.133. The molecule has 0 aliphatic rings. The van der Waals surface area contributed by atoms with E-state index in [1.165, 1.54) is 16.7 Å². The first-order valence-electron chi connectivity index (χ1n) is 6.25. The number of rotatable bonds is 2. The van der Waals surface area contributed by atoms with Gasteiger partial charge in [-0.1, -0.05) is 17.7 Å². The average molecular weight is 327 g/mol. The lowest BCUT2D eigenvalue weighted by Gasteiger charge is -2.12. The van der Waals surface area contributed by atoms with Crippen LogP contribution in [0, 0.1) is 11.6 Å². The summed E-state index contributed by atoms with van der Waals surface area (Å²) < 4.78 is 29.1. The highest BCUT2D eigenvalue weighted by Gasteiger charge is 2.20. The quantitative estimate of drug-likeness (QED) is 0.587. The topological polar surface area (TPSA) is 17.8 Å². The molecule has 0 radical (unpaired) electrons. The molecule has 0 aliphatic heterocycles. The van der Waals surface area contributed by atoms with Crippen molar-refractivity contribution in [1.29, 1.82) is 0 Å². The first-order chi connectivity index (χ1) is 9.99. The van der Waals surface area contributed by atoms with Crippen molar-refractivity contribution in [3.8, 4) is 5.69 Å². The number of halogens is 4. The molecule has 21 heavy (non-hydrogen) atoms. The van der Waals surface area contributed by atoms with Crippen molar-refractivity contribution in [2.24, 2.45) is 0 Å². The summed E-state index contributed by atoms with van der Waals surface area (Å²) in [7, 11) is 0. The number of imidazole rings is 1. The predicted molar refractivity (Wildman–Crippen MR) is 80.3 cm³/mol. The zero-order valence-corrected chi connectivity index (χ0v) is 12.5. The largest absolute Gasteiger partial charge is 0.292 e. The molecule has 6 heteroatoms. The highest BCUT2D eigenvalue weighted by Crippen LogP contribution is 2.31. The smallest absolute Gasteiger partial charge is 0.182 e. The van der Waals surface area contributed by atoms with Crippen LogP contribution in [0.2, 0.25) is 5.02 Å². The molecule has 0 fully saturated rings. The van der Waals surface area contributed by atoms with Gasteiger partial charge in [-0.25, -0.2) is 13.8 Å². The monoisotopic (exact) mass is 326 g/mol. The van der Waals surface area contributed by atoms with Crippen LogP contribution in [0.5, 0.6) is 0 Å². The minimum Gasteiger partial charge on any atom is -0.292 e. The van der Waals surface area contributed by atoms with E-state index in [0.29, 0.717) is 21.9 Å². The second kappa shape index (κ2) is 5.28. The third-order valence-corrected chi connectivity index (χ3v) is 3.60. The van der Waals surface area contributed by atoms with Gasteiger partial charge < -0.3 is 0 Å². The van der Waals surface area contributed by atoms with Crippen LogP contribution >= 0.6 is 23.2 Å². The van der Waals surface area contributed by atoms with E-state index in [1.807, 2.05) is 0 Å². The minimum atomic E-state index is -0.949. The maximum absolute atomic E-state index is 14.1. The van der Waals surface area contributed by atoms with Gasteiger partial charge in [0.2, 0.25) is 0 Å². The molecule has 0 saturated carbocycles. The Balaban J connectivity index is 2.41. The Morgan fingerprint density at radius 3 is 2.67 bits per heavy atom. The first kappa shape index (κ1) is 14.3. The molecule has 3 aromatic rings. The summed E-state index contributed by atoms with van der Waals surface area (Å²) in [6, 6.07) is 9.03. The van der Waals surface area contributed by atoms with E-state index in [0.717, 1.165) is 6.07 Å². The van der Waals surface area contributed by atoms with Crippen molar-refractivity contribution in [1.82, 2.24) is 9.55 Å². The Labute approximate surface area is 129 Å². The number of hydrogen-bond donors (Lipinski definition) is 0. The molecule has 3 rings (SSSR count). The van der Waals surface area contributed by atoms with Gasteiger partial charge >= 0.3 is 0 Å². The van der Waals surface area contributed by atoms with Crippen LogP contribution in [-0.4, -0.2) is 9.55 Å². The van der Waals surface area contributed by atoms with Crippen LogP contribution in [0.3, 0.4) is 0 Å². The number of alkyl halides is 1. The molecule has 1 unspecified atom stereocenters. The summed E-state index contributed by atoms with van der Waals surface area (Å²) in [5.41, 5.74) is 1.25. The van der Waals surface area contributed by atoms with Gasteiger partial charge in [0.25, 0.3) is 0 Å². The summed E-state index contributed by atoms with van der Waals surface area (Å²) in [6.07, 6.45) is 0. The van der Waals surface area contributed by atoms with Gasteiger partial charge in [-0.2, -0.15) is 0 Å². The van der Waals surface area contributed by atoms with Crippen molar-refractivity contribution in [2.75, 3.05) is 0 Å². The van der Waals surface area contributed by atoms with Crippen LogP contribution in [0.1, 0.15) is 18.1 Å². The Hall–Kier alpha value is -1.65. The number of fused-ring (bicyclic) bond motifs is 1. The molecule has 2 nitrogen and oxygen atoms in total. The molecule has 0 bridgehead atoms. The normalized spacial score (nSPS) is 12.8. The second-order valence-electron chi connectivity index (χ2n) is 4.63. The highest BCUT2D eigenvalue weighted by atomic mass is 35.5. The lowest BCUT2D eigenvalue weighted by Crippen LogP contribution is -2.05. The molecule has 1 atom stereocenters. The van der Waals surface area contributed by atoms with E-state index in [-0.39, 0.29) is 5.69 Å². The van der Waals surface area contributed by atoms with Gasteiger partial charge in [0.05, 0.1) is 22.1 Å². The third-order valence-electron chi connectivity index (χ3n) is 3.17. The van der Waals surface area contributed by atoms with Crippen LogP contribution in [0.25, 0.3) is 16.7 Å². The molecule has 1 heterocycles.